The molecule has 4 nitrogen and oxygen atoms in total. The fraction of sp³-hybridized carbons (Fsp3) is 0.214. The number of aromatic carboxylic acids is 1. The lowest BCUT2D eigenvalue weighted by Gasteiger charge is -2.09. The van der Waals surface area contributed by atoms with E-state index in [9.17, 15) is 4.79 Å². The van der Waals surface area contributed by atoms with Crippen molar-refractivity contribution in [2.45, 2.75) is 19.9 Å². The molecular formula is C14H15NO3. The molecule has 2 N–H and O–H groups in total. The van der Waals surface area contributed by atoms with Gasteiger partial charge in [-0.15, -0.1) is 0 Å². The summed E-state index contributed by atoms with van der Waals surface area (Å²) in [6, 6.07) is 9.56. The monoisotopic (exact) mass is 245 g/mol. The molecule has 0 unspecified atom stereocenters. The molecule has 1 heterocycles. The van der Waals surface area contributed by atoms with Gasteiger partial charge in [-0.05, 0) is 24.1 Å². The quantitative estimate of drug-likeness (QED) is 0.849. The molecule has 0 fully saturated rings. The minimum Gasteiger partial charge on any atom is -0.478 e. The van der Waals surface area contributed by atoms with Gasteiger partial charge in [-0.3, -0.25) is 0 Å². The molecule has 0 aliphatic heterocycles. The van der Waals surface area contributed by atoms with Crippen molar-refractivity contribution in [3.05, 3.63) is 53.5 Å². The Morgan fingerprint density at radius 3 is 2.83 bits per heavy atom. The van der Waals surface area contributed by atoms with E-state index in [0.717, 1.165) is 12.1 Å². The van der Waals surface area contributed by atoms with Gasteiger partial charge in [-0.1, -0.05) is 25.1 Å². The minimum absolute atomic E-state index is 0.176. The van der Waals surface area contributed by atoms with Gasteiger partial charge in [0.05, 0.1) is 12.1 Å². The van der Waals surface area contributed by atoms with Crippen LogP contribution in [0.5, 0.6) is 0 Å². The summed E-state index contributed by atoms with van der Waals surface area (Å²) in [4.78, 5) is 10.7. The Morgan fingerprint density at radius 2 is 2.17 bits per heavy atom. The van der Waals surface area contributed by atoms with Crippen molar-refractivity contribution in [1.82, 2.24) is 0 Å². The van der Waals surface area contributed by atoms with E-state index in [1.807, 2.05) is 18.2 Å². The van der Waals surface area contributed by atoms with Crippen LogP contribution in [0.15, 0.2) is 41.0 Å². The van der Waals surface area contributed by atoms with Gasteiger partial charge in [0, 0.05) is 5.69 Å². The van der Waals surface area contributed by atoms with Crippen molar-refractivity contribution < 1.29 is 14.3 Å². The Kier molecular flexibility index (Phi) is 3.67. The Balaban J connectivity index is 2.04. The van der Waals surface area contributed by atoms with Crippen LogP contribution in [0.3, 0.4) is 0 Å². The van der Waals surface area contributed by atoms with Gasteiger partial charge in [-0.2, -0.15) is 0 Å². The smallest absolute Gasteiger partial charge is 0.338 e. The molecule has 2 aromatic rings. The van der Waals surface area contributed by atoms with Crippen molar-refractivity contribution in [2.24, 2.45) is 0 Å². The molecule has 0 spiro atoms. The Bertz CT molecular complexity index is 545. The molecule has 0 saturated carbocycles. The highest BCUT2D eigenvalue weighted by molar-refractivity contribution is 5.87. The molecule has 18 heavy (non-hydrogen) atoms. The Labute approximate surface area is 105 Å². The second-order valence-electron chi connectivity index (χ2n) is 3.97. The maximum atomic E-state index is 10.7. The fourth-order valence-corrected chi connectivity index (χ4v) is 1.77. The van der Waals surface area contributed by atoms with Crippen LogP contribution in [-0.4, -0.2) is 11.1 Å². The highest BCUT2D eigenvalue weighted by Crippen LogP contribution is 2.17. The Morgan fingerprint density at radius 1 is 1.39 bits per heavy atom. The molecule has 0 bridgehead atoms. The molecule has 0 aliphatic carbocycles. The lowest BCUT2D eigenvalue weighted by molar-refractivity contribution is 0.0696. The molecule has 0 atom stereocenters. The van der Waals surface area contributed by atoms with Crippen LogP contribution >= 0.6 is 0 Å². The third-order valence-corrected chi connectivity index (χ3v) is 2.75. The van der Waals surface area contributed by atoms with E-state index in [1.54, 1.807) is 0 Å². The number of hydrogen-bond acceptors (Lipinski definition) is 3. The maximum Gasteiger partial charge on any atom is 0.338 e. The highest BCUT2D eigenvalue weighted by Gasteiger charge is 2.08. The molecule has 2 rings (SSSR count). The number of hydrogen-bond donors (Lipinski definition) is 2. The lowest BCUT2D eigenvalue weighted by Crippen LogP contribution is -2.01. The number of anilines is 1. The van der Waals surface area contributed by atoms with Crippen molar-refractivity contribution >= 4 is 11.7 Å². The SMILES string of the molecule is CCc1ccccc1NCc1cc(C(=O)O)co1. The van der Waals surface area contributed by atoms with E-state index in [4.69, 9.17) is 9.52 Å². The van der Waals surface area contributed by atoms with Gasteiger partial charge in [-0.25, -0.2) is 4.79 Å². The van der Waals surface area contributed by atoms with E-state index in [-0.39, 0.29) is 5.56 Å². The van der Waals surface area contributed by atoms with Gasteiger partial charge < -0.3 is 14.8 Å². The number of furan rings is 1. The van der Waals surface area contributed by atoms with Crippen molar-refractivity contribution in [3.8, 4) is 0 Å². The van der Waals surface area contributed by atoms with E-state index in [0.29, 0.717) is 12.3 Å². The molecule has 1 aromatic heterocycles. The minimum atomic E-state index is -0.973. The number of benzene rings is 1. The van der Waals surface area contributed by atoms with Gasteiger partial charge >= 0.3 is 5.97 Å². The predicted octanol–water partition coefficient (Wildman–Crippen LogP) is 3.15. The number of carboxylic acids is 1. The van der Waals surface area contributed by atoms with E-state index in [2.05, 4.69) is 18.3 Å². The topological polar surface area (TPSA) is 62.5 Å². The molecule has 4 heteroatoms. The number of rotatable bonds is 5. The van der Waals surface area contributed by atoms with Crippen molar-refractivity contribution in [2.75, 3.05) is 5.32 Å². The molecular weight excluding hydrogens is 230 g/mol. The number of nitrogens with one attached hydrogen (secondary N) is 1. The van der Waals surface area contributed by atoms with E-state index < -0.39 is 5.97 Å². The van der Waals surface area contributed by atoms with E-state index in [1.165, 1.54) is 17.9 Å². The summed E-state index contributed by atoms with van der Waals surface area (Å²) in [5.41, 5.74) is 2.45. The van der Waals surface area contributed by atoms with Crippen LogP contribution in [0.4, 0.5) is 5.69 Å². The third-order valence-electron chi connectivity index (χ3n) is 2.75. The standard InChI is InChI=1S/C14H15NO3/c1-2-10-5-3-4-6-13(10)15-8-12-7-11(9-18-12)14(16)17/h3-7,9,15H,2,8H2,1H3,(H,16,17). The summed E-state index contributed by atoms with van der Waals surface area (Å²) in [5.74, 6) is -0.364. The normalized spacial score (nSPS) is 10.3. The van der Waals surface area contributed by atoms with Gasteiger partial charge in [0.2, 0.25) is 0 Å². The average molecular weight is 245 g/mol. The molecule has 1 aromatic carbocycles. The summed E-state index contributed by atoms with van der Waals surface area (Å²) < 4.78 is 5.18. The van der Waals surface area contributed by atoms with Crippen LogP contribution < -0.4 is 5.32 Å². The third kappa shape index (κ3) is 2.71. The summed E-state index contributed by atoms with van der Waals surface area (Å²) in [6.45, 7) is 2.57. The highest BCUT2D eigenvalue weighted by atomic mass is 16.4. The van der Waals surface area contributed by atoms with Crippen LogP contribution in [0, 0.1) is 0 Å². The summed E-state index contributed by atoms with van der Waals surface area (Å²) in [6.07, 6.45) is 2.20. The van der Waals surface area contributed by atoms with Crippen LogP contribution in [-0.2, 0) is 13.0 Å². The second-order valence-corrected chi connectivity index (χ2v) is 3.97. The summed E-state index contributed by atoms with van der Waals surface area (Å²) in [7, 11) is 0. The first-order valence-electron chi connectivity index (χ1n) is 5.83. The Hall–Kier alpha value is -2.23. The van der Waals surface area contributed by atoms with Crippen LogP contribution in [0.25, 0.3) is 0 Å². The van der Waals surface area contributed by atoms with E-state index >= 15 is 0 Å². The summed E-state index contributed by atoms with van der Waals surface area (Å²) >= 11 is 0. The van der Waals surface area contributed by atoms with Crippen molar-refractivity contribution in [1.29, 1.82) is 0 Å². The molecule has 0 saturated heterocycles. The van der Waals surface area contributed by atoms with Gasteiger partial charge in [0.1, 0.15) is 12.0 Å². The first-order valence-corrected chi connectivity index (χ1v) is 5.83. The molecule has 94 valence electrons. The maximum absolute atomic E-state index is 10.7. The molecule has 0 aliphatic rings. The van der Waals surface area contributed by atoms with Crippen molar-refractivity contribution in [3.63, 3.8) is 0 Å². The van der Waals surface area contributed by atoms with Crippen LogP contribution in [0.1, 0.15) is 28.6 Å². The van der Waals surface area contributed by atoms with Crippen LogP contribution in [0.2, 0.25) is 0 Å². The first kappa shape index (κ1) is 12.2. The zero-order chi connectivity index (χ0) is 13.0. The summed E-state index contributed by atoms with van der Waals surface area (Å²) in [5, 5.41) is 12.0. The zero-order valence-corrected chi connectivity index (χ0v) is 10.1. The number of carboxylic acid groups (broad SMARTS) is 1. The molecule has 0 amide bonds. The largest absolute Gasteiger partial charge is 0.478 e. The van der Waals surface area contributed by atoms with Gasteiger partial charge in [0.15, 0.2) is 0 Å². The fourth-order valence-electron chi connectivity index (χ4n) is 1.77. The first-order chi connectivity index (χ1) is 8.70. The zero-order valence-electron chi connectivity index (χ0n) is 10.1. The molecule has 0 radical (unpaired) electrons. The van der Waals surface area contributed by atoms with Gasteiger partial charge in [0.25, 0.3) is 0 Å². The second kappa shape index (κ2) is 5.40. The number of para-hydroxylation sites is 1. The lowest BCUT2D eigenvalue weighted by atomic mass is 10.1. The number of aryl methyl sites for hydroxylation is 1. The predicted molar refractivity (Wildman–Crippen MR) is 68.8 cm³/mol. The number of carbonyl (C=O) groups is 1. The average Bonchev–Trinajstić information content (AvgIpc) is 2.85.